The highest BCUT2D eigenvalue weighted by Crippen LogP contribution is 2.28. The lowest BCUT2D eigenvalue weighted by Crippen LogP contribution is -2.07. The Kier molecular flexibility index (Phi) is 3.08. The van der Waals surface area contributed by atoms with Gasteiger partial charge in [0.2, 0.25) is 10.1 Å². The summed E-state index contributed by atoms with van der Waals surface area (Å²) in [4.78, 5) is 5.36. The summed E-state index contributed by atoms with van der Waals surface area (Å²) in [5, 5.41) is 11.5. The number of benzene rings is 2. The van der Waals surface area contributed by atoms with Crippen molar-refractivity contribution < 1.29 is 0 Å². The summed E-state index contributed by atoms with van der Waals surface area (Å²) in [6.07, 6.45) is 1.94. The van der Waals surface area contributed by atoms with E-state index in [2.05, 4.69) is 64.8 Å². The van der Waals surface area contributed by atoms with E-state index in [0.29, 0.717) is 0 Å². The summed E-state index contributed by atoms with van der Waals surface area (Å²) in [5.41, 5.74) is 2.27. The van der Waals surface area contributed by atoms with Crippen molar-refractivity contribution in [1.29, 1.82) is 0 Å². The summed E-state index contributed by atoms with van der Waals surface area (Å²) < 4.78 is 1.83. The fourth-order valence-electron chi connectivity index (χ4n) is 2.76. The molecule has 2 heterocycles. The predicted octanol–water partition coefficient (Wildman–Crippen LogP) is 4.43. The van der Waals surface area contributed by atoms with Gasteiger partial charge < -0.3 is 5.32 Å². The molecule has 2 aromatic heterocycles. The van der Waals surface area contributed by atoms with Crippen molar-refractivity contribution in [2.75, 3.05) is 5.32 Å². The molecular weight excluding hydrogens is 292 g/mol. The molecule has 1 N–H and O–H groups in total. The van der Waals surface area contributed by atoms with E-state index in [-0.39, 0.29) is 6.04 Å². The molecule has 22 heavy (non-hydrogen) atoms. The second kappa shape index (κ2) is 5.10. The first-order chi connectivity index (χ1) is 10.7. The van der Waals surface area contributed by atoms with Gasteiger partial charge in [-0.1, -0.05) is 53.8 Å². The summed E-state index contributed by atoms with van der Waals surface area (Å²) >= 11 is 1.58. The zero-order chi connectivity index (χ0) is 15.1. The van der Waals surface area contributed by atoms with E-state index in [1.54, 1.807) is 11.3 Å². The highest BCUT2D eigenvalue weighted by molar-refractivity contribution is 7.20. The Morgan fingerprint density at radius 2 is 1.95 bits per heavy atom. The Bertz CT molecular complexity index is 917. The van der Waals surface area contributed by atoms with E-state index in [0.717, 1.165) is 15.8 Å². The molecule has 0 radical (unpaired) electrons. The molecule has 0 spiro atoms. The number of nitrogens with zero attached hydrogens (tertiary/aromatic N) is 3. The summed E-state index contributed by atoms with van der Waals surface area (Å²) in [7, 11) is 0. The second-order valence-electron chi connectivity index (χ2n) is 5.45. The first-order valence-corrected chi connectivity index (χ1v) is 8.09. The molecule has 0 aliphatic rings. The Hall–Kier alpha value is -2.40. The third-order valence-corrected chi connectivity index (χ3v) is 4.65. The van der Waals surface area contributed by atoms with Crippen molar-refractivity contribution in [2.45, 2.75) is 19.9 Å². The Balaban J connectivity index is 1.68. The van der Waals surface area contributed by atoms with Crippen molar-refractivity contribution in [3.8, 4) is 0 Å². The first kappa shape index (κ1) is 13.3. The normalized spacial score (nSPS) is 12.8. The zero-order valence-corrected chi connectivity index (χ0v) is 13.3. The van der Waals surface area contributed by atoms with Gasteiger partial charge in [0.25, 0.3) is 0 Å². The van der Waals surface area contributed by atoms with Crippen molar-refractivity contribution in [1.82, 2.24) is 14.6 Å². The molecule has 0 saturated heterocycles. The van der Waals surface area contributed by atoms with Crippen LogP contribution in [0.15, 0.2) is 48.7 Å². The molecule has 1 atom stereocenters. The van der Waals surface area contributed by atoms with E-state index >= 15 is 0 Å². The van der Waals surface area contributed by atoms with Gasteiger partial charge in [0.05, 0.1) is 17.9 Å². The van der Waals surface area contributed by atoms with E-state index < -0.39 is 0 Å². The molecule has 0 aliphatic heterocycles. The number of aryl methyl sites for hydroxylation is 1. The number of fused-ring (bicyclic) bond motifs is 2. The number of hydrogen-bond acceptors (Lipinski definition) is 4. The van der Waals surface area contributed by atoms with Gasteiger partial charge in [0.15, 0.2) is 0 Å². The quantitative estimate of drug-likeness (QED) is 0.609. The van der Waals surface area contributed by atoms with Gasteiger partial charge in [-0.15, -0.1) is 5.10 Å². The number of rotatable bonds is 3. The number of nitrogens with one attached hydrogen (secondary N) is 1. The van der Waals surface area contributed by atoms with Gasteiger partial charge in [-0.3, -0.25) is 0 Å². The number of imidazole rings is 1. The predicted molar refractivity (Wildman–Crippen MR) is 91.6 cm³/mol. The van der Waals surface area contributed by atoms with E-state index in [1.807, 2.05) is 17.6 Å². The third-order valence-electron chi connectivity index (χ3n) is 3.79. The van der Waals surface area contributed by atoms with Crippen LogP contribution in [0.25, 0.3) is 15.7 Å². The molecular formula is C17H16N4S. The average molecular weight is 308 g/mol. The molecule has 0 bridgehead atoms. The van der Waals surface area contributed by atoms with Crippen molar-refractivity contribution >= 4 is 32.2 Å². The zero-order valence-electron chi connectivity index (χ0n) is 12.4. The third kappa shape index (κ3) is 2.23. The lowest BCUT2D eigenvalue weighted by Gasteiger charge is -2.15. The van der Waals surface area contributed by atoms with Crippen LogP contribution in [0.3, 0.4) is 0 Å². The Labute approximate surface area is 132 Å². The lowest BCUT2D eigenvalue weighted by molar-refractivity contribution is 0.870. The molecule has 4 rings (SSSR count). The number of anilines is 1. The van der Waals surface area contributed by atoms with Crippen LogP contribution in [0.4, 0.5) is 5.13 Å². The highest BCUT2D eigenvalue weighted by Gasteiger charge is 2.12. The van der Waals surface area contributed by atoms with Crippen LogP contribution >= 0.6 is 11.3 Å². The molecule has 0 amide bonds. The largest absolute Gasteiger partial charge is 0.354 e. The van der Waals surface area contributed by atoms with Crippen LogP contribution in [-0.4, -0.2) is 14.6 Å². The maximum absolute atomic E-state index is 4.54. The van der Waals surface area contributed by atoms with Crippen LogP contribution in [0, 0.1) is 6.92 Å². The van der Waals surface area contributed by atoms with Gasteiger partial charge in [-0.05, 0) is 30.2 Å². The molecule has 4 nitrogen and oxygen atoms in total. The van der Waals surface area contributed by atoms with Crippen molar-refractivity contribution in [2.24, 2.45) is 0 Å². The van der Waals surface area contributed by atoms with Crippen LogP contribution in [0.1, 0.15) is 24.2 Å². The minimum absolute atomic E-state index is 0.183. The topological polar surface area (TPSA) is 42.2 Å². The van der Waals surface area contributed by atoms with Crippen LogP contribution in [-0.2, 0) is 0 Å². The van der Waals surface area contributed by atoms with Crippen molar-refractivity contribution in [3.63, 3.8) is 0 Å². The molecule has 110 valence electrons. The van der Waals surface area contributed by atoms with E-state index in [9.17, 15) is 0 Å². The standard InChI is InChI=1S/C17H16N4S/c1-11-10-21-17(18-11)22-16(20-21)19-12(2)14-9-5-7-13-6-3-4-8-15(13)14/h3-10,12H,1-2H3,(H,19,20)/t12-/m0/s1. The second-order valence-corrected chi connectivity index (χ2v) is 6.41. The lowest BCUT2D eigenvalue weighted by atomic mass is 10.00. The molecule has 0 saturated carbocycles. The van der Waals surface area contributed by atoms with Gasteiger partial charge >= 0.3 is 0 Å². The van der Waals surface area contributed by atoms with Crippen LogP contribution in [0.5, 0.6) is 0 Å². The molecule has 2 aromatic carbocycles. The van der Waals surface area contributed by atoms with Crippen LogP contribution in [0.2, 0.25) is 0 Å². The molecule has 0 fully saturated rings. The molecule has 0 aliphatic carbocycles. The summed E-state index contributed by atoms with van der Waals surface area (Å²) in [6, 6.07) is 15.1. The van der Waals surface area contributed by atoms with Gasteiger partial charge in [0.1, 0.15) is 0 Å². The first-order valence-electron chi connectivity index (χ1n) is 7.28. The monoisotopic (exact) mass is 308 g/mol. The minimum Gasteiger partial charge on any atom is -0.354 e. The number of hydrogen-bond donors (Lipinski definition) is 1. The van der Waals surface area contributed by atoms with E-state index in [4.69, 9.17) is 0 Å². The van der Waals surface area contributed by atoms with Gasteiger partial charge in [-0.25, -0.2) is 9.50 Å². The summed E-state index contributed by atoms with van der Waals surface area (Å²) in [5.74, 6) is 0. The van der Waals surface area contributed by atoms with Gasteiger partial charge in [-0.2, -0.15) is 0 Å². The number of aromatic nitrogens is 3. The smallest absolute Gasteiger partial charge is 0.214 e. The fraction of sp³-hybridized carbons (Fsp3) is 0.176. The van der Waals surface area contributed by atoms with Crippen LogP contribution < -0.4 is 5.32 Å². The maximum Gasteiger partial charge on any atom is 0.214 e. The molecule has 4 aromatic rings. The minimum atomic E-state index is 0.183. The highest BCUT2D eigenvalue weighted by atomic mass is 32.1. The summed E-state index contributed by atoms with van der Waals surface area (Å²) in [6.45, 7) is 4.14. The molecule has 0 unspecified atom stereocenters. The SMILES string of the molecule is Cc1cn2nc(N[C@@H](C)c3cccc4ccccc34)sc2n1. The average Bonchev–Trinajstić information content (AvgIpc) is 3.03. The molecule has 5 heteroatoms. The van der Waals surface area contributed by atoms with E-state index in [1.165, 1.54) is 16.3 Å². The van der Waals surface area contributed by atoms with Crippen molar-refractivity contribution in [3.05, 3.63) is 59.9 Å². The maximum atomic E-state index is 4.54. The fourth-order valence-corrected chi connectivity index (χ4v) is 3.67. The van der Waals surface area contributed by atoms with Gasteiger partial charge in [0, 0.05) is 0 Å². The Morgan fingerprint density at radius 3 is 2.82 bits per heavy atom. The Morgan fingerprint density at radius 1 is 1.14 bits per heavy atom.